The zero-order valence-corrected chi connectivity index (χ0v) is 9.02. The summed E-state index contributed by atoms with van der Waals surface area (Å²) in [5.41, 5.74) is 6.80. The summed E-state index contributed by atoms with van der Waals surface area (Å²) in [7, 11) is 0. The lowest BCUT2D eigenvalue weighted by molar-refractivity contribution is 0.0899. The molecule has 2 heteroatoms. The van der Waals surface area contributed by atoms with Gasteiger partial charge in [0.05, 0.1) is 6.10 Å². The van der Waals surface area contributed by atoms with Gasteiger partial charge in [0.15, 0.2) is 0 Å². The Hall–Kier alpha value is -0.860. The predicted octanol–water partition coefficient (Wildman–Crippen LogP) is 1.82. The van der Waals surface area contributed by atoms with Gasteiger partial charge in [0.1, 0.15) is 0 Å². The maximum atomic E-state index is 10.1. The van der Waals surface area contributed by atoms with Crippen molar-refractivity contribution >= 4 is 0 Å². The second-order valence-corrected chi connectivity index (χ2v) is 4.48. The van der Waals surface area contributed by atoms with Gasteiger partial charge in [-0.25, -0.2) is 0 Å². The van der Waals surface area contributed by atoms with E-state index < -0.39 is 6.10 Å². The normalized spacial score (nSPS) is 21.5. The number of rotatable bonds is 3. The molecule has 0 aliphatic heterocycles. The second kappa shape index (κ2) is 4.33. The molecule has 0 spiro atoms. The Morgan fingerprint density at radius 1 is 1.20 bits per heavy atom. The van der Waals surface area contributed by atoms with Crippen LogP contribution in [0.15, 0.2) is 30.3 Å². The number of benzene rings is 1. The maximum absolute atomic E-state index is 10.1. The Labute approximate surface area is 91.1 Å². The Morgan fingerprint density at radius 2 is 1.80 bits per heavy atom. The van der Waals surface area contributed by atoms with Crippen LogP contribution < -0.4 is 5.73 Å². The number of hydrogen-bond donors (Lipinski definition) is 2. The molecule has 1 aromatic carbocycles. The van der Waals surface area contributed by atoms with Crippen molar-refractivity contribution in [2.45, 2.75) is 37.2 Å². The van der Waals surface area contributed by atoms with Crippen LogP contribution in [0.1, 0.15) is 31.2 Å². The fourth-order valence-electron chi connectivity index (χ4n) is 2.82. The van der Waals surface area contributed by atoms with Crippen molar-refractivity contribution in [1.29, 1.82) is 0 Å². The molecule has 2 rings (SSSR count). The minimum Gasteiger partial charge on any atom is -0.391 e. The van der Waals surface area contributed by atoms with E-state index in [1.54, 1.807) is 0 Å². The maximum Gasteiger partial charge on any atom is 0.0758 e. The summed E-state index contributed by atoms with van der Waals surface area (Å²) < 4.78 is 0. The molecule has 0 aromatic heterocycles. The zero-order chi connectivity index (χ0) is 10.7. The van der Waals surface area contributed by atoms with Crippen molar-refractivity contribution in [3.8, 4) is 0 Å². The predicted molar refractivity (Wildman–Crippen MR) is 61.6 cm³/mol. The monoisotopic (exact) mass is 205 g/mol. The molecule has 0 unspecified atom stereocenters. The first kappa shape index (κ1) is 10.7. The Morgan fingerprint density at radius 3 is 2.33 bits per heavy atom. The van der Waals surface area contributed by atoms with Crippen LogP contribution >= 0.6 is 0 Å². The SMILES string of the molecule is NC[C@H](O)C1(c2ccccc2)CCCC1. The molecule has 0 amide bonds. The lowest BCUT2D eigenvalue weighted by Gasteiger charge is -2.34. The highest BCUT2D eigenvalue weighted by Crippen LogP contribution is 2.43. The van der Waals surface area contributed by atoms with Crippen molar-refractivity contribution in [2.75, 3.05) is 6.54 Å². The van der Waals surface area contributed by atoms with E-state index in [-0.39, 0.29) is 5.41 Å². The van der Waals surface area contributed by atoms with Gasteiger partial charge < -0.3 is 10.8 Å². The van der Waals surface area contributed by atoms with Crippen molar-refractivity contribution in [2.24, 2.45) is 5.73 Å². The van der Waals surface area contributed by atoms with Crippen LogP contribution in [0, 0.1) is 0 Å². The third kappa shape index (κ3) is 1.80. The summed E-state index contributed by atoms with van der Waals surface area (Å²) >= 11 is 0. The smallest absolute Gasteiger partial charge is 0.0758 e. The third-order valence-corrected chi connectivity index (χ3v) is 3.71. The van der Waals surface area contributed by atoms with Crippen molar-refractivity contribution < 1.29 is 5.11 Å². The van der Waals surface area contributed by atoms with Gasteiger partial charge in [-0.3, -0.25) is 0 Å². The van der Waals surface area contributed by atoms with Crippen molar-refractivity contribution in [1.82, 2.24) is 0 Å². The van der Waals surface area contributed by atoms with Crippen molar-refractivity contribution in [3.63, 3.8) is 0 Å². The summed E-state index contributed by atoms with van der Waals surface area (Å²) in [6.45, 7) is 0.356. The van der Waals surface area contributed by atoms with E-state index in [0.29, 0.717) is 6.54 Å². The number of nitrogens with two attached hydrogens (primary N) is 1. The van der Waals surface area contributed by atoms with Crippen LogP contribution in [0.4, 0.5) is 0 Å². The highest BCUT2D eigenvalue weighted by Gasteiger charge is 2.41. The molecule has 0 heterocycles. The largest absolute Gasteiger partial charge is 0.391 e. The summed E-state index contributed by atoms with van der Waals surface area (Å²) in [5.74, 6) is 0. The van der Waals surface area contributed by atoms with Gasteiger partial charge in [0, 0.05) is 12.0 Å². The summed E-state index contributed by atoms with van der Waals surface area (Å²) in [4.78, 5) is 0. The highest BCUT2D eigenvalue weighted by molar-refractivity contribution is 5.28. The van der Waals surface area contributed by atoms with E-state index in [4.69, 9.17) is 5.73 Å². The highest BCUT2D eigenvalue weighted by atomic mass is 16.3. The third-order valence-electron chi connectivity index (χ3n) is 3.71. The molecule has 3 N–H and O–H groups in total. The number of aliphatic hydroxyl groups excluding tert-OH is 1. The molecule has 1 aliphatic rings. The standard InChI is InChI=1S/C13H19NO/c14-10-12(15)13(8-4-5-9-13)11-6-2-1-3-7-11/h1-3,6-7,12,15H,4-5,8-10,14H2/t12-/m0/s1. The van der Waals surface area contributed by atoms with Crippen LogP contribution in [0.3, 0.4) is 0 Å². The molecule has 1 fully saturated rings. The molecule has 0 radical (unpaired) electrons. The van der Waals surface area contributed by atoms with Gasteiger partial charge in [-0.15, -0.1) is 0 Å². The number of aliphatic hydroxyl groups is 1. The lowest BCUT2D eigenvalue weighted by atomic mass is 9.74. The molecule has 0 saturated heterocycles. The van der Waals surface area contributed by atoms with Crippen LogP contribution in [-0.4, -0.2) is 17.8 Å². The molecule has 2 nitrogen and oxygen atoms in total. The molecule has 1 aliphatic carbocycles. The average Bonchev–Trinajstić information content (AvgIpc) is 2.79. The van der Waals surface area contributed by atoms with Gasteiger partial charge in [-0.05, 0) is 18.4 Å². The van der Waals surface area contributed by atoms with Gasteiger partial charge in [-0.2, -0.15) is 0 Å². The molecule has 0 bridgehead atoms. The minimum absolute atomic E-state index is 0.0734. The van der Waals surface area contributed by atoms with E-state index in [1.807, 2.05) is 18.2 Å². The Bertz CT molecular complexity index is 304. The lowest BCUT2D eigenvalue weighted by Crippen LogP contribution is -2.41. The van der Waals surface area contributed by atoms with Crippen LogP contribution in [0.5, 0.6) is 0 Å². The molecule has 15 heavy (non-hydrogen) atoms. The van der Waals surface area contributed by atoms with Gasteiger partial charge in [-0.1, -0.05) is 43.2 Å². The topological polar surface area (TPSA) is 46.2 Å². The van der Waals surface area contributed by atoms with Gasteiger partial charge >= 0.3 is 0 Å². The quantitative estimate of drug-likeness (QED) is 0.790. The molecular weight excluding hydrogens is 186 g/mol. The zero-order valence-electron chi connectivity index (χ0n) is 9.02. The minimum atomic E-state index is -0.401. The average molecular weight is 205 g/mol. The Balaban J connectivity index is 2.35. The summed E-state index contributed by atoms with van der Waals surface area (Å²) in [5, 5.41) is 10.1. The van der Waals surface area contributed by atoms with Crippen LogP contribution in [0.2, 0.25) is 0 Å². The van der Waals surface area contributed by atoms with E-state index in [2.05, 4.69) is 12.1 Å². The summed E-state index contributed by atoms with van der Waals surface area (Å²) in [6, 6.07) is 10.3. The van der Waals surface area contributed by atoms with Gasteiger partial charge in [0.2, 0.25) is 0 Å². The first-order valence-electron chi connectivity index (χ1n) is 5.73. The van der Waals surface area contributed by atoms with E-state index in [9.17, 15) is 5.11 Å². The molecule has 1 saturated carbocycles. The van der Waals surface area contributed by atoms with E-state index in [1.165, 1.54) is 18.4 Å². The first-order chi connectivity index (χ1) is 7.29. The first-order valence-corrected chi connectivity index (χ1v) is 5.73. The Kier molecular flexibility index (Phi) is 3.08. The number of hydrogen-bond acceptors (Lipinski definition) is 2. The van der Waals surface area contributed by atoms with E-state index in [0.717, 1.165) is 12.8 Å². The second-order valence-electron chi connectivity index (χ2n) is 4.48. The summed E-state index contributed by atoms with van der Waals surface area (Å²) in [6.07, 6.45) is 4.13. The fourth-order valence-corrected chi connectivity index (χ4v) is 2.82. The molecule has 82 valence electrons. The van der Waals surface area contributed by atoms with Crippen LogP contribution in [-0.2, 0) is 5.41 Å². The van der Waals surface area contributed by atoms with E-state index >= 15 is 0 Å². The molecular formula is C13H19NO. The van der Waals surface area contributed by atoms with Crippen molar-refractivity contribution in [3.05, 3.63) is 35.9 Å². The molecule has 1 atom stereocenters. The van der Waals surface area contributed by atoms with Crippen LogP contribution in [0.25, 0.3) is 0 Å². The molecule has 1 aromatic rings. The van der Waals surface area contributed by atoms with Gasteiger partial charge in [0.25, 0.3) is 0 Å². The fraction of sp³-hybridized carbons (Fsp3) is 0.538.